The molecule has 106 valence electrons. The summed E-state index contributed by atoms with van der Waals surface area (Å²) in [5.74, 6) is -1.27. The van der Waals surface area contributed by atoms with Gasteiger partial charge in [-0.15, -0.1) is 22.7 Å². The van der Waals surface area contributed by atoms with E-state index in [4.69, 9.17) is 5.11 Å². The zero-order chi connectivity index (χ0) is 14.7. The van der Waals surface area contributed by atoms with Crippen LogP contribution in [-0.2, 0) is 12.8 Å². The van der Waals surface area contributed by atoms with E-state index < -0.39 is 5.97 Å². The summed E-state index contributed by atoms with van der Waals surface area (Å²) in [6.07, 6.45) is 1.64. The van der Waals surface area contributed by atoms with Gasteiger partial charge in [0.2, 0.25) is 0 Å². The second-order valence-electron chi connectivity index (χ2n) is 4.19. The second-order valence-corrected chi connectivity index (χ2v) is 6.49. The summed E-state index contributed by atoms with van der Waals surface area (Å²) in [5.41, 5.74) is 0.160. The maximum atomic E-state index is 12.1. The molecule has 2 aromatic rings. The van der Waals surface area contributed by atoms with E-state index in [2.05, 4.69) is 5.32 Å². The van der Waals surface area contributed by atoms with E-state index >= 15 is 0 Å². The molecule has 4 nitrogen and oxygen atoms in total. The van der Waals surface area contributed by atoms with E-state index in [1.807, 2.05) is 19.9 Å². The highest BCUT2D eigenvalue weighted by Crippen LogP contribution is 2.29. The van der Waals surface area contributed by atoms with Crippen molar-refractivity contribution in [3.8, 4) is 0 Å². The maximum Gasteiger partial charge on any atom is 0.338 e. The van der Waals surface area contributed by atoms with E-state index in [0.29, 0.717) is 9.88 Å². The van der Waals surface area contributed by atoms with Crippen LogP contribution in [0.1, 0.15) is 43.6 Å². The fraction of sp³-hybridized carbons (Fsp3) is 0.286. The molecule has 0 aromatic carbocycles. The van der Waals surface area contributed by atoms with Crippen LogP contribution in [0.25, 0.3) is 0 Å². The Bertz CT molecular complexity index is 643. The monoisotopic (exact) mass is 309 g/mol. The number of carboxylic acids is 1. The number of amides is 1. The van der Waals surface area contributed by atoms with Gasteiger partial charge in [-0.05, 0) is 31.0 Å². The van der Waals surface area contributed by atoms with Crippen molar-refractivity contribution in [2.24, 2.45) is 0 Å². The molecule has 6 heteroatoms. The number of rotatable bonds is 5. The number of carbonyl (C=O) groups is 2. The molecule has 0 atom stereocenters. The van der Waals surface area contributed by atoms with E-state index in [-0.39, 0.29) is 11.5 Å². The largest absolute Gasteiger partial charge is 0.478 e. The van der Waals surface area contributed by atoms with Crippen LogP contribution in [-0.4, -0.2) is 17.0 Å². The lowest BCUT2D eigenvalue weighted by Gasteiger charge is -2.01. The predicted octanol–water partition coefficient (Wildman–Crippen LogP) is 3.88. The molecule has 0 radical (unpaired) electrons. The third-order valence-corrected chi connectivity index (χ3v) is 5.25. The molecule has 2 rings (SSSR count). The number of hydrogen-bond acceptors (Lipinski definition) is 4. The van der Waals surface area contributed by atoms with E-state index in [0.717, 1.165) is 22.6 Å². The van der Waals surface area contributed by atoms with Gasteiger partial charge < -0.3 is 10.4 Å². The molecule has 0 spiro atoms. The van der Waals surface area contributed by atoms with Crippen molar-refractivity contribution in [2.45, 2.75) is 26.7 Å². The van der Waals surface area contributed by atoms with Gasteiger partial charge in [0, 0.05) is 9.75 Å². The summed E-state index contributed by atoms with van der Waals surface area (Å²) < 4.78 is 0. The highest BCUT2D eigenvalue weighted by Gasteiger charge is 2.18. The van der Waals surface area contributed by atoms with Gasteiger partial charge >= 0.3 is 5.97 Å². The summed E-state index contributed by atoms with van der Waals surface area (Å²) in [7, 11) is 0. The number of anilines is 1. The normalized spacial score (nSPS) is 10.5. The molecule has 2 heterocycles. The molecule has 0 saturated heterocycles. The van der Waals surface area contributed by atoms with Gasteiger partial charge in [0.25, 0.3) is 5.91 Å². The number of aromatic carboxylic acids is 1. The molecule has 0 aliphatic rings. The van der Waals surface area contributed by atoms with Crippen molar-refractivity contribution in [3.05, 3.63) is 38.4 Å². The molecule has 0 bridgehead atoms. The molecule has 0 aliphatic heterocycles. The lowest BCUT2D eigenvalue weighted by Crippen LogP contribution is -2.11. The van der Waals surface area contributed by atoms with Gasteiger partial charge in [-0.25, -0.2) is 4.79 Å². The third-order valence-electron chi connectivity index (χ3n) is 2.82. The number of carboxylic acid groups (broad SMARTS) is 1. The van der Waals surface area contributed by atoms with E-state index in [9.17, 15) is 9.59 Å². The lowest BCUT2D eigenvalue weighted by atomic mass is 10.2. The number of nitrogens with one attached hydrogen (secondary N) is 1. The Morgan fingerprint density at radius 1 is 1.15 bits per heavy atom. The molecule has 20 heavy (non-hydrogen) atoms. The van der Waals surface area contributed by atoms with Crippen LogP contribution < -0.4 is 5.32 Å². The Morgan fingerprint density at radius 2 is 1.85 bits per heavy atom. The van der Waals surface area contributed by atoms with Crippen molar-refractivity contribution in [1.29, 1.82) is 0 Å². The van der Waals surface area contributed by atoms with Crippen molar-refractivity contribution < 1.29 is 14.7 Å². The zero-order valence-electron chi connectivity index (χ0n) is 11.2. The average Bonchev–Trinajstić information content (AvgIpc) is 3.04. The predicted molar refractivity (Wildman–Crippen MR) is 82.3 cm³/mol. The number of thiophene rings is 2. The Morgan fingerprint density at radius 3 is 2.40 bits per heavy atom. The number of hydrogen-bond donors (Lipinski definition) is 2. The zero-order valence-corrected chi connectivity index (χ0v) is 12.9. The molecular formula is C14H15NO3S2. The van der Waals surface area contributed by atoms with Crippen molar-refractivity contribution >= 4 is 39.6 Å². The topological polar surface area (TPSA) is 66.4 Å². The number of carbonyl (C=O) groups excluding carboxylic acids is 1. The quantitative estimate of drug-likeness (QED) is 0.880. The second kappa shape index (κ2) is 6.19. The molecule has 0 fully saturated rings. The molecule has 2 aromatic heterocycles. The van der Waals surface area contributed by atoms with Gasteiger partial charge in [-0.1, -0.05) is 13.8 Å². The van der Waals surface area contributed by atoms with Crippen LogP contribution >= 0.6 is 22.7 Å². The Kier molecular flexibility index (Phi) is 4.57. The highest BCUT2D eigenvalue weighted by molar-refractivity contribution is 7.17. The van der Waals surface area contributed by atoms with E-state index in [1.54, 1.807) is 12.1 Å². The van der Waals surface area contributed by atoms with Crippen molar-refractivity contribution in [2.75, 3.05) is 5.32 Å². The molecule has 0 aliphatic carbocycles. The SMILES string of the molecule is CCc1ccc(C(=O)Nc2sc(CC)cc2C(=O)O)s1. The standard InChI is InChI=1S/C14H15NO3S2/c1-3-8-5-6-11(19-8)12(16)15-13-10(14(17)18)7-9(4-2)20-13/h5-7H,3-4H2,1-2H3,(H,15,16)(H,17,18). The minimum absolute atomic E-state index is 0.160. The van der Waals surface area contributed by atoms with Crippen LogP contribution in [0.5, 0.6) is 0 Å². The Balaban J connectivity index is 2.22. The van der Waals surface area contributed by atoms with Crippen molar-refractivity contribution in [3.63, 3.8) is 0 Å². The van der Waals surface area contributed by atoms with Crippen LogP contribution in [0.15, 0.2) is 18.2 Å². The molecule has 0 saturated carbocycles. The Hall–Kier alpha value is -1.66. The summed E-state index contributed by atoms with van der Waals surface area (Å²) in [6.45, 7) is 3.98. The highest BCUT2D eigenvalue weighted by atomic mass is 32.1. The van der Waals surface area contributed by atoms with Gasteiger partial charge in [-0.3, -0.25) is 4.79 Å². The van der Waals surface area contributed by atoms with Crippen molar-refractivity contribution in [1.82, 2.24) is 0 Å². The summed E-state index contributed by atoms with van der Waals surface area (Å²) in [4.78, 5) is 26.0. The summed E-state index contributed by atoms with van der Waals surface area (Å²) in [6, 6.07) is 5.31. The fourth-order valence-corrected chi connectivity index (χ4v) is 3.55. The van der Waals surface area contributed by atoms with Gasteiger partial charge in [0.15, 0.2) is 0 Å². The fourth-order valence-electron chi connectivity index (χ4n) is 1.72. The number of aryl methyl sites for hydroxylation is 2. The summed E-state index contributed by atoms with van der Waals surface area (Å²) in [5, 5.41) is 12.3. The minimum atomic E-state index is -1.02. The molecule has 1 amide bonds. The molecule has 0 unspecified atom stereocenters. The maximum absolute atomic E-state index is 12.1. The lowest BCUT2D eigenvalue weighted by molar-refractivity contribution is 0.0698. The first kappa shape index (κ1) is 14.7. The van der Waals surface area contributed by atoms with Crippen LogP contribution in [0.4, 0.5) is 5.00 Å². The third kappa shape index (κ3) is 3.08. The molecular weight excluding hydrogens is 294 g/mol. The van der Waals surface area contributed by atoms with Gasteiger partial charge in [0.05, 0.1) is 10.4 Å². The summed E-state index contributed by atoms with van der Waals surface area (Å²) >= 11 is 2.75. The van der Waals surface area contributed by atoms with Crippen LogP contribution in [0.3, 0.4) is 0 Å². The first-order valence-corrected chi connectivity index (χ1v) is 7.94. The first-order chi connectivity index (χ1) is 9.55. The minimum Gasteiger partial charge on any atom is -0.478 e. The smallest absolute Gasteiger partial charge is 0.338 e. The van der Waals surface area contributed by atoms with Gasteiger partial charge in [0.1, 0.15) is 5.00 Å². The van der Waals surface area contributed by atoms with Crippen LogP contribution in [0, 0.1) is 0 Å². The van der Waals surface area contributed by atoms with Crippen LogP contribution in [0.2, 0.25) is 0 Å². The van der Waals surface area contributed by atoms with E-state index in [1.165, 1.54) is 22.7 Å². The average molecular weight is 309 g/mol. The van der Waals surface area contributed by atoms with Gasteiger partial charge in [-0.2, -0.15) is 0 Å². The first-order valence-electron chi connectivity index (χ1n) is 6.31. The molecule has 2 N–H and O–H groups in total. The Labute approximate surface area is 125 Å².